The first-order valence-electron chi connectivity index (χ1n) is 4.17. The van der Waals surface area contributed by atoms with E-state index < -0.39 is 5.97 Å². The van der Waals surface area contributed by atoms with Crippen molar-refractivity contribution in [2.75, 3.05) is 19.1 Å². The Bertz CT molecular complexity index is 263. The molecule has 0 atom stereocenters. The first-order chi connectivity index (χ1) is 7.20. The molecule has 0 radical (unpaired) electrons. The molecule has 0 aliphatic heterocycles. The number of hydrogen-bond acceptors (Lipinski definition) is 4. The molecule has 1 rings (SSSR count). The predicted octanol–water partition coefficient (Wildman–Crippen LogP) is 2.78. The quantitative estimate of drug-likeness (QED) is 0.828. The van der Waals surface area contributed by atoms with Crippen molar-refractivity contribution in [3.8, 4) is 5.75 Å². The molecular weight excluding hydrogens is 232 g/mol. The molecule has 1 aromatic rings. The summed E-state index contributed by atoms with van der Waals surface area (Å²) in [6.07, 6.45) is 4.12. The lowest BCUT2D eigenvalue weighted by Crippen LogP contribution is -2.09. The maximum absolute atomic E-state index is 10.0. The van der Waals surface area contributed by atoms with Gasteiger partial charge in [0.2, 0.25) is 0 Å². The van der Waals surface area contributed by atoms with E-state index in [1.54, 1.807) is 45.9 Å². The lowest BCUT2D eigenvalue weighted by Gasteiger charge is -2.00. The van der Waals surface area contributed by atoms with Gasteiger partial charge in [0.05, 0.1) is 0 Å². The monoisotopic (exact) mass is 246 g/mol. The van der Waals surface area contributed by atoms with E-state index in [1.165, 1.54) is 0 Å². The summed E-state index contributed by atoms with van der Waals surface area (Å²) in [5.41, 5.74) is 0. The van der Waals surface area contributed by atoms with E-state index in [1.807, 2.05) is 6.07 Å². The van der Waals surface area contributed by atoms with Crippen LogP contribution in [-0.2, 0) is 4.79 Å². The average molecular weight is 246 g/mol. The van der Waals surface area contributed by atoms with Gasteiger partial charge in [-0.05, 0) is 24.6 Å². The van der Waals surface area contributed by atoms with E-state index >= 15 is 0 Å². The fraction of sp³-hybridized carbons (Fsp3) is 0.300. The first-order valence-corrected chi connectivity index (χ1v) is 7.13. The summed E-state index contributed by atoms with van der Waals surface area (Å²) < 4.78 is 4.87. The summed E-state index contributed by atoms with van der Waals surface area (Å²) in [4.78, 5) is 10.0. The smallest absolute Gasteiger partial charge is 0.341 e. The molecule has 1 aromatic carbocycles. The molecular formula is C10H14O3S2. The van der Waals surface area contributed by atoms with Crippen molar-refractivity contribution in [2.45, 2.75) is 0 Å². The van der Waals surface area contributed by atoms with Crippen molar-refractivity contribution in [1.29, 1.82) is 0 Å². The van der Waals surface area contributed by atoms with Crippen LogP contribution in [0.4, 0.5) is 0 Å². The molecule has 0 aliphatic rings. The van der Waals surface area contributed by atoms with Crippen LogP contribution < -0.4 is 4.74 Å². The van der Waals surface area contributed by atoms with Gasteiger partial charge in [0.1, 0.15) is 5.75 Å². The van der Waals surface area contributed by atoms with Crippen LogP contribution in [0.5, 0.6) is 5.75 Å². The normalized spacial score (nSPS) is 8.67. The Hall–Kier alpha value is -0.810. The molecule has 0 spiro atoms. The first kappa shape index (κ1) is 14.2. The molecule has 0 aromatic heterocycles. The topological polar surface area (TPSA) is 46.5 Å². The molecule has 3 nitrogen and oxygen atoms in total. The third-order valence-corrected chi connectivity index (χ3v) is 2.61. The van der Waals surface area contributed by atoms with Crippen LogP contribution in [0.15, 0.2) is 30.3 Å². The van der Waals surface area contributed by atoms with Gasteiger partial charge in [-0.15, -0.1) is 0 Å². The molecule has 1 N–H and O–H groups in total. The van der Waals surface area contributed by atoms with E-state index in [0.29, 0.717) is 5.75 Å². The minimum absolute atomic E-state index is 0.288. The van der Waals surface area contributed by atoms with Gasteiger partial charge in [0.15, 0.2) is 6.61 Å². The number of carboxylic acids is 1. The third-order valence-electron chi connectivity index (χ3n) is 1.27. The second-order valence-electron chi connectivity index (χ2n) is 2.33. The SMILES string of the molecule is CSSC.O=C(O)COc1ccccc1. The Morgan fingerprint density at radius 2 is 1.80 bits per heavy atom. The second kappa shape index (κ2) is 9.73. The highest BCUT2D eigenvalue weighted by Gasteiger charge is 1.96. The van der Waals surface area contributed by atoms with E-state index in [9.17, 15) is 4.79 Å². The van der Waals surface area contributed by atoms with Crippen molar-refractivity contribution in [2.24, 2.45) is 0 Å². The van der Waals surface area contributed by atoms with Crippen LogP contribution in [0.25, 0.3) is 0 Å². The highest BCUT2D eigenvalue weighted by molar-refractivity contribution is 8.76. The Balaban J connectivity index is 0.000000423. The minimum atomic E-state index is -0.964. The van der Waals surface area contributed by atoms with Gasteiger partial charge < -0.3 is 9.84 Å². The summed E-state index contributed by atoms with van der Waals surface area (Å²) in [7, 11) is 3.55. The van der Waals surface area contributed by atoms with Crippen LogP contribution in [0.2, 0.25) is 0 Å². The number of ether oxygens (including phenoxy) is 1. The van der Waals surface area contributed by atoms with Gasteiger partial charge in [-0.3, -0.25) is 0 Å². The zero-order valence-electron chi connectivity index (χ0n) is 8.67. The van der Waals surface area contributed by atoms with Gasteiger partial charge in [-0.25, -0.2) is 4.79 Å². The Labute approximate surface area is 97.6 Å². The van der Waals surface area contributed by atoms with Crippen molar-refractivity contribution < 1.29 is 14.6 Å². The van der Waals surface area contributed by atoms with Gasteiger partial charge >= 0.3 is 5.97 Å². The standard InChI is InChI=1S/C8H8O3.C2H6S2/c9-8(10)6-11-7-4-2-1-3-5-7;1-3-4-2/h1-5H,6H2,(H,9,10);1-2H3. The summed E-state index contributed by atoms with van der Waals surface area (Å²) in [6.45, 7) is -0.288. The molecule has 15 heavy (non-hydrogen) atoms. The molecule has 5 heteroatoms. The van der Waals surface area contributed by atoms with Crippen LogP contribution in [0.3, 0.4) is 0 Å². The predicted molar refractivity (Wildman–Crippen MR) is 66.6 cm³/mol. The number of aliphatic carboxylic acids is 1. The Kier molecular flexibility index (Phi) is 9.21. The number of carbonyl (C=O) groups is 1. The van der Waals surface area contributed by atoms with Gasteiger partial charge in [0, 0.05) is 0 Å². The van der Waals surface area contributed by atoms with Crippen molar-refractivity contribution in [3.63, 3.8) is 0 Å². The van der Waals surface area contributed by atoms with E-state index in [4.69, 9.17) is 9.84 Å². The zero-order valence-corrected chi connectivity index (χ0v) is 10.3. The molecule has 0 saturated heterocycles. The van der Waals surface area contributed by atoms with Gasteiger partial charge in [0.25, 0.3) is 0 Å². The van der Waals surface area contributed by atoms with Crippen LogP contribution in [0.1, 0.15) is 0 Å². The van der Waals surface area contributed by atoms with E-state index in [0.717, 1.165) is 0 Å². The Morgan fingerprint density at radius 1 is 1.27 bits per heavy atom. The highest BCUT2D eigenvalue weighted by atomic mass is 33.1. The average Bonchev–Trinajstić information content (AvgIpc) is 2.28. The lowest BCUT2D eigenvalue weighted by molar-refractivity contribution is -0.139. The van der Waals surface area contributed by atoms with Crippen molar-refractivity contribution in [3.05, 3.63) is 30.3 Å². The van der Waals surface area contributed by atoms with Crippen LogP contribution >= 0.6 is 21.6 Å². The van der Waals surface area contributed by atoms with Gasteiger partial charge in [-0.2, -0.15) is 0 Å². The van der Waals surface area contributed by atoms with Gasteiger partial charge in [-0.1, -0.05) is 39.8 Å². The molecule has 0 fully saturated rings. The molecule has 0 bridgehead atoms. The van der Waals surface area contributed by atoms with Crippen molar-refractivity contribution in [1.82, 2.24) is 0 Å². The molecule has 0 unspecified atom stereocenters. The van der Waals surface area contributed by atoms with E-state index in [-0.39, 0.29) is 6.61 Å². The number of carboxylic acid groups (broad SMARTS) is 1. The summed E-state index contributed by atoms with van der Waals surface area (Å²) in [6, 6.07) is 8.84. The molecule has 0 aliphatic carbocycles. The highest BCUT2D eigenvalue weighted by Crippen LogP contribution is 2.09. The fourth-order valence-corrected chi connectivity index (χ4v) is 0.662. The van der Waals surface area contributed by atoms with Crippen LogP contribution in [-0.4, -0.2) is 30.2 Å². The lowest BCUT2D eigenvalue weighted by atomic mass is 10.3. The summed E-state index contributed by atoms with van der Waals surface area (Å²) >= 11 is 0. The maximum Gasteiger partial charge on any atom is 0.341 e. The maximum atomic E-state index is 10.0. The van der Waals surface area contributed by atoms with Crippen molar-refractivity contribution >= 4 is 27.6 Å². The Morgan fingerprint density at radius 3 is 2.20 bits per heavy atom. The summed E-state index contributed by atoms with van der Waals surface area (Å²) in [5, 5.41) is 8.25. The fourth-order valence-electron chi connectivity index (χ4n) is 0.662. The number of para-hydroxylation sites is 1. The van der Waals surface area contributed by atoms with E-state index in [2.05, 4.69) is 12.5 Å². The second-order valence-corrected chi connectivity index (χ2v) is 5.00. The largest absolute Gasteiger partial charge is 0.482 e. The zero-order chi connectivity index (χ0) is 11.5. The number of benzene rings is 1. The molecule has 0 heterocycles. The molecule has 84 valence electrons. The third kappa shape index (κ3) is 9.49. The molecule has 0 saturated carbocycles. The van der Waals surface area contributed by atoms with Crippen LogP contribution in [0, 0.1) is 0 Å². The number of hydrogen-bond donors (Lipinski definition) is 1. The summed E-state index contributed by atoms with van der Waals surface area (Å²) in [5.74, 6) is -0.385. The number of rotatable bonds is 4. The minimum Gasteiger partial charge on any atom is -0.482 e. The molecule has 0 amide bonds.